The van der Waals surface area contributed by atoms with Gasteiger partial charge in [-0.2, -0.15) is 0 Å². The van der Waals surface area contributed by atoms with Crippen molar-refractivity contribution >= 4 is 28.1 Å². The van der Waals surface area contributed by atoms with Crippen LogP contribution < -0.4 is 11.1 Å². The summed E-state index contributed by atoms with van der Waals surface area (Å²) in [6.45, 7) is 0. The number of thiazole rings is 1. The Bertz CT molecular complexity index is 1320. The van der Waals surface area contributed by atoms with Crippen LogP contribution in [0.4, 0.5) is 10.8 Å². The van der Waals surface area contributed by atoms with E-state index in [4.69, 9.17) is 19.4 Å². The summed E-state index contributed by atoms with van der Waals surface area (Å²) in [5.74, 6) is -0.774. The van der Waals surface area contributed by atoms with E-state index in [0.717, 1.165) is 11.3 Å². The fourth-order valence-electron chi connectivity index (χ4n) is 2.23. The van der Waals surface area contributed by atoms with Crippen LogP contribution in [0, 0.1) is 0 Å². The summed E-state index contributed by atoms with van der Waals surface area (Å²) in [6, 6.07) is 4.43. The Morgan fingerprint density at radius 2 is 2.04 bits per heavy atom. The lowest BCUT2D eigenvalue weighted by atomic mass is 10.0. The number of benzene rings is 2. The van der Waals surface area contributed by atoms with Crippen LogP contribution in [0.3, 0.4) is 0 Å². The Morgan fingerprint density at radius 3 is 2.71 bits per heavy atom. The third-order valence-corrected chi connectivity index (χ3v) is 4.14. The van der Waals surface area contributed by atoms with E-state index >= 15 is 0 Å². The molecule has 0 radical (unpaired) electrons. The zero-order chi connectivity index (χ0) is 28.6. The number of nitrogens with two attached hydrogens (primary N) is 1. The molecule has 1 amide bonds. The van der Waals surface area contributed by atoms with E-state index in [9.17, 15) is 9.90 Å². The molecule has 1 heterocycles. The minimum atomic E-state index is -2.71. The lowest BCUT2D eigenvalue weighted by Crippen LogP contribution is -2.14. The molecule has 3 aromatic rings. The molecule has 28 heavy (non-hydrogen) atoms. The van der Waals surface area contributed by atoms with Gasteiger partial charge in [0.15, 0.2) is 5.13 Å². The van der Waals surface area contributed by atoms with Crippen LogP contribution in [0.5, 0.6) is 0 Å². The van der Waals surface area contributed by atoms with Crippen molar-refractivity contribution in [3.63, 3.8) is 0 Å². The first-order valence-corrected chi connectivity index (χ1v) is 9.21. The molecule has 1 atom stereocenters. The number of anilines is 2. The van der Waals surface area contributed by atoms with Crippen LogP contribution in [0.25, 0.3) is 0 Å². The number of aromatic nitrogens is 1. The molecule has 0 spiro atoms. The van der Waals surface area contributed by atoms with E-state index in [-0.39, 0.29) is 21.7 Å². The summed E-state index contributed by atoms with van der Waals surface area (Å²) in [6.07, 6.45) is -9.69. The number of nitrogens with zero attached hydrogens (tertiary/aromatic N) is 1. The molecular formula is C22H25N3O2S. The molecule has 0 aliphatic heterocycles. The molecule has 6 heteroatoms. The summed E-state index contributed by atoms with van der Waals surface area (Å²) >= 11 is 0.863. The second-order valence-electron chi connectivity index (χ2n) is 5.64. The number of carbonyl (C=O) groups is 1. The van der Waals surface area contributed by atoms with E-state index in [0.29, 0.717) is 0 Å². The van der Waals surface area contributed by atoms with Gasteiger partial charge in [-0.25, -0.2) is 4.98 Å². The number of amides is 1. The van der Waals surface area contributed by atoms with Gasteiger partial charge in [-0.1, -0.05) is 48.8 Å². The monoisotopic (exact) mass is 405 g/mol. The normalized spacial score (nSPS) is 19.2. The van der Waals surface area contributed by atoms with Crippen molar-refractivity contribution in [3.05, 3.63) is 76.7 Å². The molecule has 0 saturated carbocycles. The minimum Gasteiger partial charge on any atom is -0.388 e. The fraction of sp³-hybridized carbons (Fsp3) is 0.273. The maximum absolute atomic E-state index is 12.5. The van der Waals surface area contributed by atoms with Gasteiger partial charge in [0, 0.05) is 16.5 Å². The number of aliphatic hydroxyl groups is 1. The van der Waals surface area contributed by atoms with Crippen molar-refractivity contribution in [1.82, 2.24) is 4.98 Å². The summed E-state index contributed by atoms with van der Waals surface area (Å²) in [5.41, 5.74) is 4.43. The molecule has 146 valence electrons. The molecular weight excluding hydrogens is 370 g/mol. The summed E-state index contributed by atoms with van der Waals surface area (Å²) in [5, 5.41) is 12.9. The molecule has 4 N–H and O–H groups in total. The topological polar surface area (TPSA) is 88.2 Å². The Morgan fingerprint density at radius 1 is 1.29 bits per heavy atom. The highest BCUT2D eigenvalue weighted by Crippen LogP contribution is 2.20. The van der Waals surface area contributed by atoms with E-state index in [1.165, 1.54) is 24.3 Å². The van der Waals surface area contributed by atoms with E-state index in [1.54, 1.807) is 6.07 Å². The van der Waals surface area contributed by atoms with Gasteiger partial charge in [0.1, 0.15) is 0 Å². The first kappa shape index (κ1) is 10.7. The maximum atomic E-state index is 12.5. The zero-order valence-electron chi connectivity index (χ0n) is 24.8. The number of nitrogens with one attached hydrogen (secondary N) is 1. The second-order valence-corrected chi connectivity index (χ2v) is 6.47. The van der Waals surface area contributed by atoms with Gasteiger partial charge in [0.2, 0.25) is 5.91 Å². The van der Waals surface area contributed by atoms with Crippen LogP contribution >= 0.6 is 11.3 Å². The third-order valence-electron chi connectivity index (χ3n) is 3.50. The average molecular weight is 406 g/mol. The third kappa shape index (κ3) is 6.18. The second kappa shape index (κ2) is 10.0. The number of hydrogen-bond acceptors (Lipinski definition) is 5. The molecule has 0 saturated heterocycles. The molecule has 0 fully saturated rings. The first-order valence-electron chi connectivity index (χ1n) is 13.4. The quantitative estimate of drug-likeness (QED) is 0.494. The molecule has 0 aliphatic carbocycles. The van der Waals surface area contributed by atoms with Crippen molar-refractivity contribution in [2.24, 2.45) is 0 Å². The summed E-state index contributed by atoms with van der Waals surface area (Å²) < 4.78 is 82.4. The Labute approximate surface area is 183 Å². The van der Waals surface area contributed by atoms with E-state index < -0.39 is 79.4 Å². The SMILES string of the molecule is [2H]c1sc(N)nc1CC(=O)Nc1c([2H])c([2H])c(C([2H])([2H])CCC([2H])([2H])[C@]([2H])(O)c2ccccc2)c([2H])c1[2H]. The van der Waals surface area contributed by atoms with Crippen LogP contribution in [0.2, 0.25) is 0 Å². The van der Waals surface area contributed by atoms with Gasteiger partial charge < -0.3 is 16.2 Å². The zero-order valence-corrected chi connectivity index (χ0v) is 15.6. The lowest BCUT2D eigenvalue weighted by molar-refractivity contribution is -0.115. The van der Waals surface area contributed by atoms with Gasteiger partial charge in [-0.15, -0.1) is 11.3 Å². The Balaban J connectivity index is 1.86. The van der Waals surface area contributed by atoms with Crippen LogP contribution in [0.1, 0.15) is 55.8 Å². The van der Waals surface area contributed by atoms with Crippen LogP contribution in [0.15, 0.2) is 59.9 Å². The molecule has 2 aromatic carbocycles. The maximum Gasteiger partial charge on any atom is 0.230 e. The lowest BCUT2D eigenvalue weighted by Gasteiger charge is -2.10. The van der Waals surface area contributed by atoms with E-state index in [1.807, 2.05) is 0 Å². The molecule has 0 aliphatic rings. The highest BCUT2D eigenvalue weighted by Gasteiger charge is 2.08. The van der Waals surface area contributed by atoms with Crippen molar-refractivity contribution in [2.45, 2.75) is 38.1 Å². The number of rotatable bonds is 9. The van der Waals surface area contributed by atoms with Gasteiger partial charge >= 0.3 is 0 Å². The number of carbonyl (C=O) groups excluding carboxylic acids is 1. The van der Waals surface area contributed by atoms with Crippen molar-refractivity contribution in [2.75, 3.05) is 11.1 Å². The number of hydrogen-bond donors (Lipinski definition) is 3. The van der Waals surface area contributed by atoms with Crippen LogP contribution in [-0.4, -0.2) is 16.0 Å². The van der Waals surface area contributed by atoms with Crippen molar-refractivity contribution in [1.29, 1.82) is 0 Å². The molecule has 0 bridgehead atoms. The highest BCUT2D eigenvalue weighted by molar-refractivity contribution is 7.13. The largest absolute Gasteiger partial charge is 0.388 e. The van der Waals surface area contributed by atoms with Gasteiger partial charge in [0.05, 0.1) is 26.4 Å². The Kier molecular flexibility index (Phi) is 3.84. The molecule has 5 nitrogen and oxygen atoms in total. The predicted octanol–water partition coefficient (Wildman–Crippen LogP) is 4.35. The van der Waals surface area contributed by atoms with Crippen molar-refractivity contribution in [3.8, 4) is 0 Å². The highest BCUT2D eigenvalue weighted by atomic mass is 32.1. The standard InChI is InChI=1S/C22H25N3O2S/c23-22-25-19(15-28-22)14-21(27)24-18-12-10-16(11-13-18)6-4-5-9-20(26)17-7-2-1-3-8-17/h1-3,7-8,10-13,15,20,26H,4-6,9,14H2,(H2,23,25)(H,24,27)/t20-/m0/s1/i6D2,9D2,10D,11D,12D,13D,15D,20D. The Hall–Kier alpha value is -2.70. The molecule has 1 aromatic heterocycles. The molecule has 0 unspecified atom stereocenters. The summed E-state index contributed by atoms with van der Waals surface area (Å²) in [7, 11) is 0. The van der Waals surface area contributed by atoms with Gasteiger partial charge in [-0.3, -0.25) is 4.79 Å². The van der Waals surface area contributed by atoms with Gasteiger partial charge in [-0.05, 0) is 42.4 Å². The average Bonchev–Trinajstić information content (AvgIpc) is 3.16. The first-order chi connectivity index (χ1) is 17.5. The fourth-order valence-corrected chi connectivity index (χ4v) is 2.73. The number of nitrogen functional groups attached to an aromatic ring is 1. The smallest absolute Gasteiger partial charge is 0.230 e. The summed E-state index contributed by atoms with van der Waals surface area (Å²) in [4.78, 5) is 16.3. The minimum absolute atomic E-state index is 0.0345. The predicted molar refractivity (Wildman–Crippen MR) is 114 cm³/mol. The van der Waals surface area contributed by atoms with Crippen molar-refractivity contribution < 1.29 is 23.6 Å². The van der Waals surface area contributed by atoms with E-state index in [2.05, 4.69) is 10.3 Å². The van der Waals surface area contributed by atoms with Gasteiger partial charge in [0.25, 0.3) is 0 Å². The van der Waals surface area contributed by atoms with Crippen LogP contribution in [-0.2, 0) is 17.6 Å². The molecule has 3 rings (SSSR count).